The number of nitrogens with zero attached hydrogens (tertiary/aromatic N) is 1. The molecule has 0 atom stereocenters. The molecule has 0 aliphatic heterocycles. The standard InChI is InChI=1S/C19H21ClN2O3/c1-13-11-17(18(25-3)12-16(13)20)21-19(24)9-10-22(14(2)23)15-7-5-4-6-8-15/h4-8,11-12H,9-10H2,1-3H3,(H,21,24). The van der Waals surface area contributed by atoms with E-state index in [-0.39, 0.29) is 18.2 Å². The molecule has 0 aliphatic carbocycles. The number of benzene rings is 2. The fraction of sp³-hybridized carbons (Fsp3) is 0.263. The molecule has 1 N–H and O–H groups in total. The quantitative estimate of drug-likeness (QED) is 0.845. The molecule has 0 aromatic heterocycles. The van der Waals surface area contributed by atoms with Gasteiger partial charge in [-0.25, -0.2) is 0 Å². The Morgan fingerprint density at radius 2 is 1.88 bits per heavy atom. The zero-order valence-corrected chi connectivity index (χ0v) is 15.3. The number of hydrogen-bond acceptors (Lipinski definition) is 3. The molecule has 2 aromatic rings. The first-order valence-electron chi connectivity index (χ1n) is 7.89. The molecule has 25 heavy (non-hydrogen) atoms. The monoisotopic (exact) mass is 360 g/mol. The topological polar surface area (TPSA) is 58.6 Å². The van der Waals surface area contributed by atoms with Crippen molar-refractivity contribution in [2.75, 3.05) is 23.9 Å². The average molecular weight is 361 g/mol. The van der Waals surface area contributed by atoms with Crippen LogP contribution in [0.1, 0.15) is 18.9 Å². The Bertz CT molecular complexity index is 763. The molecule has 0 radical (unpaired) electrons. The van der Waals surface area contributed by atoms with Crippen molar-refractivity contribution in [2.45, 2.75) is 20.3 Å². The Hall–Kier alpha value is -2.53. The van der Waals surface area contributed by atoms with E-state index in [1.807, 2.05) is 37.3 Å². The van der Waals surface area contributed by atoms with Crippen LogP contribution in [0.15, 0.2) is 42.5 Å². The van der Waals surface area contributed by atoms with Crippen LogP contribution in [0.2, 0.25) is 5.02 Å². The fourth-order valence-electron chi connectivity index (χ4n) is 2.43. The molecule has 2 amide bonds. The Balaban J connectivity index is 2.05. The largest absolute Gasteiger partial charge is 0.495 e. The molecule has 2 aromatic carbocycles. The van der Waals surface area contributed by atoms with Gasteiger partial charge in [0.2, 0.25) is 11.8 Å². The molecule has 0 saturated carbocycles. The van der Waals surface area contributed by atoms with E-state index in [9.17, 15) is 9.59 Å². The molecule has 0 saturated heterocycles. The second-order valence-electron chi connectivity index (χ2n) is 5.61. The van der Waals surface area contributed by atoms with E-state index >= 15 is 0 Å². The summed E-state index contributed by atoms with van der Waals surface area (Å²) in [4.78, 5) is 25.7. The molecule has 0 spiro atoms. The van der Waals surface area contributed by atoms with E-state index < -0.39 is 0 Å². The van der Waals surface area contributed by atoms with Gasteiger partial charge in [0.05, 0.1) is 12.8 Å². The van der Waals surface area contributed by atoms with Gasteiger partial charge in [0.15, 0.2) is 0 Å². The van der Waals surface area contributed by atoms with E-state index in [1.54, 1.807) is 17.0 Å². The summed E-state index contributed by atoms with van der Waals surface area (Å²) >= 11 is 6.07. The van der Waals surface area contributed by atoms with Gasteiger partial charge in [-0.15, -0.1) is 0 Å². The van der Waals surface area contributed by atoms with Gasteiger partial charge in [-0.3, -0.25) is 9.59 Å². The van der Waals surface area contributed by atoms with Crippen molar-refractivity contribution >= 4 is 34.8 Å². The number of ether oxygens (including phenoxy) is 1. The molecule has 2 rings (SSSR count). The predicted octanol–water partition coefficient (Wildman–Crippen LogP) is 4.04. The van der Waals surface area contributed by atoms with Crippen LogP contribution < -0.4 is 15.0 Å². The summed E-state index contributed by atoms with van der Waals surface area (Å²) in [5.74, 6) is 0.177. The van der Waals surface area contributed by atoms with Crippen LogP contribution in [0, 0.1) is 6.92 Å². The summed E-state index contributed by atoms with van der Waals surface area (Å²) in [6, 6.07) is 12.7. The first-order chi connectivity index (χ1) is 11.9. The number of para-hydroxylation sites is 1. The van der Waals surface area contributed by atoms with Crippen LogP contribution in [0.4, 0.5) is 11.4 Å². The number of methoxy groups -OCH3 is 1. The minimum atomic E-state index is -0.206. The molecule has 0 aliphatic rings. The van der Waals surface area contributed by atoms with Crippen molar-refractivity contribution in [3.8, 4) is 5.75 Å². The highest BCUT2D eigenvalue weighted by molar-refractivity contribution is 6.31. The van der Waals surface area contributed by atoms with Crippen LogP contribution in [0.3, 0.4) is 0 Å². The molecular weight excluding hydrogens is 340 g/mol. The second-order valence-corrected chi connectivity index (χ2v) is 6.01. The lowest BCUT2D eigenvalue weighted by molar-refractivity contribution is -0.117. The van der Waals surface area contributed by atoms with E-state index in [0.29, 0.717) is 23.0 Å². The number of carbonyl (C=O) groups is 2. The number of amides is 2. The van der Waals surface area contributed by atoms with Crippen LogP contribution in [-0.4, -0.2) is 25.5 Å². The number of rotatable bonds is 6. The zero-order chi connectivity index (χ0) is 18.4. The SMILES string of the molecule is COc1cc(Cl)c(C)cc1NC(=O)CCN(C(C)=O)c1ccccc1. The molecule has 5 nitrogen and oxygen atoms in total. The van der Waals surface area contributed by atoms with Crippen LogP contribution >= 0.6 is 11.6 Å². The van der Waals surface area contributed by atoms with Gasteiger partial charge < -0.3 is 15.0 Å². The maximum absolute atomic E-state index is 12.3. The molecule has 0 bridgehead atoms. The third-order valence-corrected chi connectivity index (χ3v) is 4.17. The van der Waals surface area contributed by atoms with Gasteiger partial charge in [-0.05, 0) is 30.7 Å². The first kappa shape index (κ1) is 18.8. The molecule has 132 valence electrons. The van der Waals surface area contributed by atoms with Crippen LogP contribution in [0.5, 0.6) is 5.75 Å². The number of carbonyl (C=O) groups excluding carboxylic acids is 2. The van der Waals surface area contributed by atoms with Gasteiger partial charge in [0.1, 0.15) is 5.75 Å². The number of hydrogen-bond donors (Lipinski definition) is 1. The van der Waals surface area contributed by atoms with E-state index in [0.717, 1.165) is 11.3 Å². The lowest BCUT2D eigenvalue weighted by Gasteiger charge is -2.21. The second kappa shape index (κ2) is 8.53. The number of nitrogens with one attached hydrogen (secondary N) is 1. The van der Waals surface area contributed by atoms with Gasteiger partial charge in [0.25, 0.3) is 0 Å². The summed E-state index contributed by atoms with van der Waals surface area (Å²) in [5.41, 5.74) is 2.17. The smallest absolute Gasteiger partial charge is 0.226 e. The highest BCUT2D eigenvalue weighted by atomic mass is 35.5. The minimum Gasteiger partial charge on any atom is -0.495 e. The summed E-state index contributed by atoms with van der Waals surface area (Å²) in [7, 11) is 1.52. The predicted molar refractivity (Wildman–Crippen MR) is 100 cm³/mol. The highest BCUT2D eigenvalue weighted by Gasteiger charge is 2.15. The number of aryl methyl sites for hydroxylation is 1. The van der Waals surface area contributed by atoms with Crippen molar-refractivity contribution in [1.82, 2.24) is 0 Å². The normalized spacial score (nSPS) is 10.2. The van der Waals surface area contributed by atoms with Gasteiger partial charge in [-0.1, -0.05) is 29.8 Å². The van der Waals surface area contributed by atoms with Gasteiger partial charge in [0, 0.05) is 36.7 Å². The fourth-order valence-corrected chi connectivity index (χ4v) is 2.59. The molecule has 0 heterocycles. The minimum absolute atomic E-state index is 0.112. The Labute approximate surface area is 152 Å². The Kier molecular flexibility index (Phi) is 6.42. The maximum Gasteiger partial charge on any atom is 0.226 e. The summed E-state index contributed by atoms with van der Waals surface area (Å²) < 4.78 is 5.25. The first-order valence-corrected chi connectivity index (χ1v) is 8.27. The average Bonchev–Trinajstić information content (AvgIpc) is 2.58. The van der Waals surface area contributed by atoms with E-state index in [2.05, 4.69) is 5.32 Å². The summed E-state index contributed by atoms with van der Waals surface area (Å²) in [6.07, 6.45) is 0.166. The molecule has 0 unspecified atom stereocenters. The molecule has 0 fully saturated rings. The third-order valence-electron chi connectivity index (χ3n) is 3.77. The summed E-state index contributed by atoms with van der Waals surface area (Å²) in [6.45, 7) is 3.63. The van der Waals surface area contributed by atoms with Gasteiger partial charge in [-0.2, -0.15) is 0 Å². The van der Waals surface area contributed by atoms with Crippen molar-refractivity contribution in [3.05, 3.63) is 53.1 Å². The zero-order valence-electron chi connectivity index (χ0n) is 14.5. The van der Waals surface area contributed by atoms with Crippen molar-refractivity contribution in [1.29, 1.82) is 0 Å². The molecular formula is C19H21ClN2O3. The van der Waals surface area contributed by atoms with Crippen molar-refractivity contribution in [3.63, 3.8) is 0 Å². The third kappa shape index (κ3) is 4.97. The van der Waals surface area contributed by atoms with E-state index in [4.69, 9.17) is 16.3 Å². The van der Waals surface area contributed by atoms with Crippen LogP contribution in [0.25, 0.3) is 0 Å². The maximum atomic E-state index is 12.3. The number of halogens is 1. The van der Waals surface area contributed by atoms with Crippen molar-refractivity contribution < 1.29 is 14.3 Å². The van der Waals surface area contributed by atoms with E-state index in [1.165, 1.54) is 14.0 Å². The van der Waals surface area contributed by atoms with Crippen LogP contribution in [-0.2, 0) is 9.59 Å². The number of anilines is 2. The summed E-state index contributed by atoms with van der Waals surface area (Å²) in [5, 5.41) is 3.39. The Morgan fingerprint density at radius 3 is 2.48 bits per heavy atom. The van der Waals surface area contributed by atoms with Gasteiger partial charge >= 0.3 is 0 Å². The molecule has 6 heteroatoms. The Morgan fingerprint density at radius 1 is 1.20 bits per heavy atom. The highest BCUT2D eigenvalue weighted by Crippen LogP contribution is 2.31. The lowest BCUT2D eigenvalue weighted by Crippen LogP contribution is -2.31. The van der Waals surface area contributed by atoms with Crippen molar-refractivity contribution in [2.24, 2.45) is 0 Å². The lowest BCUT2D eigenvalue weighted by atomic mass is 10.2.